The monoisotopic (exact) mass is 610 g/mol. The smallest absolute Gasteiger partial charge is 0.410 e. The first kappa shape index (κ1) is 32.4. The van der Waals surface area contributed by atoms with Gasteiger partial charge in [0.2, 0.25) is 0 Å². The molecule has 12 heteroatoms. The number of hydrogen-bond acceptors (Lipinski definition) is 8. The van der Waals surface area contributed by atoms with Crippen molar-refractivity contribution in [2.75, 3.05) is 32.2 Å². The molecule has 0 aliphatic carbocycles. The molecular formula is C31H46N6O5Si. The summed E-state index contributed by atoms with van der Waals surface area (Å²) in [5, 5.41) is 6.43. The van der Waals surface area contributed by atoms with Crippen molar-refractivity contribution in [3.63, 3.8) is 0 Å². The third-order valence-electron chi connectivity index (χ3n) is 7.50. The van der Waals surface area contributed by atoms with Crippen molar-refractivity contribution >= 4 is 37.1 Å². The van der Waals surface area contributed by atoms with Crippen LogP contribution in [0.25, 0.3) is 11.2 Å². The van der Waals surface area contributed by atoms with Gasteiger partial charge in [-0.3, -0.25) is 4.79 Å². The van der Waals surface area contributed by atoms with Gasteiger partial charge in [0.15, 0.2) is 5.65 Å². The van der Waals surface area contributed by atoms with Crippen molar-refractivity contribution in [3.8, 4) is 0 Å². The Morgan fingerprint density at radius 3 is 2.65 bits per heavy atom. The van der Waals surface area contributed by atoms with Crippen molar-refractivity contribution in [2.45, 2.75) is 83.8 Å². The standard InChI is InChI=1S/C31H46N6O5Si/c1-22(19-40-3)33-30(38)26-18-36(21-41-14-15-43(4,5)6)29-28(26)35-27(16-32-29)34-25-13-12-23(2)37(17-25)31(39)42-20-24-10-8-7-9-11-24/h7-11,16,18,22-23,25H,12-15,17,19-21H2,1-6H3,(H,33,38)(H,34,35)/t22?,23-,25+/m0/s1. The third kappa shape index (κ3) is 9.25. The largest absolute Gasteiger partial charge is 0.445 e. The molecule has 1 aromatic carbocycles. The van der Waals surface area contributed by atoms with Crippen molar-refractivity contribution in [3.05, 3.63) is 53.9 Å². The van der Waals surface area contributed by atoms with Gasteiger partial charge in [-0.2, -0.15) is 0 Å². The first-order chi connectivity index (χ1) is 20.5. The summed E-state index contributed by atoms with van der Waals surface area (Å²) in [6.07, 6.45) is 4.78. The summed E-state index contributed by atoms with van der Waals surface area (Å²) in [5.41, 5.74) is 2.44. The molecular weight excluding hydrogens is 564 g/mol. The van der Waals surface area contributed by atoms with Crippen molar-refractivity contribution in [2.24, 2.45) is 0 Å². The number of benzene rings is 1. The van der Waals surface area contributed by atoms with Crippen LogP contribution in [0, 0.1) is 0 Å². The highest BCUT2D eigenvalue weighted by molar-refractivity contribution is 6.76. The number of hydrogen-bond donors (Lipinski definition) is 2. The fourth-order valence-electron chi connectivity index (χ4n) is 5.01. The van der Waals surface area contributed by atoms with Gasteiger partial charge < -0.3 is 34.3 Å². The average molecular weight is 611 g/mol. The van der Waals surface area contributed by atoms with E-state index >= 15 is 0 Å². The molecule has 0 bridgehead atoms. The molecule has 0 radical (unpaired) electrons. The minimum atomic E-state index is -1.23. The molecule has 2 N–H and O–H groups in total. The molecule has 1 aliphatic heterocycles. The summed E-state index contributed by atoms with van der Waals surface area (Å²) in [6.45, 7) is 12.9. The topological polar surface area (TPSA) is 120 Å². The quantitative estimate of drug-likeness (QED) is 0.202. The Labute approximate surface area is 255 Å². The number of aromatic nitrogens is 3. The van der Waals surface area contributed by atoms with E-state index in [-0.39, 0.29) is 43.5 Å². The molecule has 43 heavy (non-hydrogen) atoms. The molecule has 2 aromatic heterocycles. The van der Waals surface area contributed by atoms with E-state index in [9.17, 15) is 9.59 Å². The van der Waals surface area contributed by atoms with Gasteiger partial charge in [-0.25, -0.2) is 14.8 Å². The van der Waals surface area contributed by atoms with Crippen LogP contribution in [0.1, 0.15) is 42.6 Å². The Morgan fingerprint density at radius 2 is 1.93 bits per heavy atom. The second-order valence-corrected chi connectivity index (χ2v) is 18.2. The molecule has 1 saturated heterocycles. The summed E-state index contributed by atoms with van der Waals surface area (Å²) >= 11 is 0. The molecule has 11 nitrogen and oxygen atoms in total. The molecule has 2 amide bonds. The number of nitrogens with one attached hydrogen (secondary N) is 2. The first-order valence-electron chi connectivity index (χ1n) is 15.0. The van der Waals surface area contributed by atoms with Crippen LogP contribution in [0.4, 0.5) is 10.6 Å². The van der Waals surface area contributed by atoms with Crippen LogP contribution >= 0.6 is 0 Å². The summed E-state index contributed by atoms with van der Waals surface area (Å²) in [6, 6.07) is 10.6. The Morgan fingerprint density at radius 1 is 1.16 bits per heavy atom. The molecule has 234 valence electrons. The van der Waals surface area contributed by atoms with E-state index in [0.717, 1.165) is 24.4 Å². The predicted molar refractivity (Wildman–Crippen MR) is 170 cm³/mol. The molecule has 0 saturated carbocycles. The Balaban J connectivity index is 1.48. The van der Waals surface area contributed by atoms with Crippen LogP contribution in [0.5, 0.6) is 0 Å². The van der Waals surface area contributed by atoms with Gasteiger partial charge in [-0.05, 0) is 38.3 Å². The number of rotatable bonds is 13. The summed E-state index contributed by atoms with van der Waals surface area (Å²) in [7, 11) is 0.370. The zero-order valence-corrected chi connectivity index (χ0v) is 27.3. The first-order valence-corrected chi connectivity index (χ1v) is 18.7. The second kappa shape index (κ2) is 14.8. The maximum absolute atomic E-state index is 13.3. The van der Waals surface area contributed by atoms with Crippen molar-refractivity contribution < 1.29 is 23.8 Å². The van der Waals surface area contributed by atoms with E-state index in [4.69, 9.17) is 19.2 Å². The number of fused-ring (bicyclic) bond motifs is 1. The van der Waals surface area contributed by atoms with Gasteiger partial charge in [-0.1, -0.05) is 50.0 Å². The zero-order valence-electron chi connectivity index (χ0n) is 26.3. The molecule has 3 atom stereocenters. The Bertz CT molecular complexity index is 1360. The van der Waals surface area contributed by atoms with Gasteiger partial charge in [0.25, 0.3) is 5.91 Å². The highest BCUT2D eigenvalue weighted by atomic mass is 28.3. The SMILES string of the molecule is COCC(C)NC(=O)c1cn(COCC[Si](C)(C)C)c2ncc(N[C@@H]3CC[C@H](C)N(C(=O)OCc4ccccc4)C3)nc12. The fourth-order valence-corrected chi connectivity index (χ4v) is 5.77. The number of amides is 2. The Hall–Kier alpha value is -3.48. The lowest BCUT2D eigenvalue weighted by atomic mass is 10.00. The molecule has 1 fully saturated rings. The fraction of sp³-hybridized carbons (Fsp3) is 0.548. The molecule has 0 spiro atoms. The normalized spacial score (nSPS) is 18.0. The summed E-state index contributed by atoms with van der Waals surface area (Å²) < 4.78 is 18.6. The number of carbonyl (C=O) groups excluding carboxylic acids is 2. The lowest BCUT2D eigenvalue weighted by molar-refractivity contribution is 0.0695. The lowest BCUT2D eigenvalue weighted by Crippen LogP contribution is -2.49. The Kier molecular flexibility index (Phi) is 11.2. The van der Waals surface area contributed by atoms with Crippen LogP contribution < -0.4 is 10.6 Å². The van der Waals surface area contributed by atoms with Gasteiger partial charge in [-0.15, -0.1) is 0 Å². The molecule has 4 rings (SSSR count). The van der Waals surface area contributed by atoms with Crippen LogP contribution in [0.3, 0.4) is 0 Å². The van der Waals surface area contributed by atoms with Crippen molar-refractivity contribution in [1.82, 2.24) is 24.8 Å². The van der Waals surface area contributed by atoms with Crippen LogP contribution in [0.2, 0.25) is 25.7 Å². The van der Waals surface area contributed by atoms with E-state index in [1.807, 2.05) is 48.7 Å². The lowest BCUT2D eigenvalue weighted by Gasteiger charge is -2.37. The number of nitrogens with zero attached hydrogens (tertiary/aromatic N) is 4. The minimum absolute atomic E-state index is 0.0433. The molecule has 1 unspecified atom stereocenters. The molecule has 3 heterocycles. The van der Waals surface area contributed by atoms with Crippen LogP contribution in [-0.4, -0.2) is 84.5 Å². The minimum Gasteiger partial charge on any atom is -0.445 e. The summed E-state index contributed by atoms with van der Waals surface area (Å²) in [4.78, 5) is 37.5. The number of carbonyl (C=O) groups is 2. The predicted octanol–water partition coefficient (Wildman–Crippen LogP) is 5.11. The zero-order chi connectivity index (χ0) is 31.0. The maximum atomic E-state index is 13.3. The van der Waals surface area contributed by atoms with Crippen LogP contribution in [0.15, 0.2) is 42.7 Å². The van der Waals surface area contributed by atoms with Crippen LogP contribution in [-0.2, 0) is 27.5 Å². The van der Waals surface area contributed by atoms with E-state index in [1.165, 1.54) is 0 Å². The highest BCUT2D eigenvalue weighted by Crippen LogP contribution is 2.24. The number of piperidine rings is 1. The molecule has 3 aromatic rings. The van der Waals surface area contributed by atoms with E-state index < -0.39 is 8.07 Å². The number of likely N-dealkylation sites (tertiary alicyclic amines) is 1. The van der Waals surface area contributed by atoms with E-state index in [2.05, 4.69) is 35.3 Å². The van der Waals surface area contributed by atoms with Gasteiger partial charge in [0.05, 0.1) is 18.4 Å². The van der Waals surface area contributed by atoms with Gasteiger partial charge in [0.1, 0.15) is 24.7 Å². The molecule has 1 aliphatic rings. The van der Waals surface area contributed by atoms with Gasteiger partial charge in [0, 0.05) is 52.7 Å². The van der Waals surface area contributed by atoms with Gasteiger partial charge >= 0.3 is 6.09 Å². The van der Waals surface area contributed by atoms with Crippen molar-refractivity contribution in [1.29, 1.82) is 0 Å². The summed E-state index contributed by atoms with van der Waals surface area (Å²) in [5.74, 6) is 0.293. The van der Waals surface area contributed by atoms with E-state index in [1.54, 1.807) is 24.4 Å². The maximum Gasteiger partial charge on any atom is 0.410 e. The number of ether oxygens (including phenoxy) is 3. The number of anilines is 1. The highest BCUT2D eigenvalue weighted by Gasteiger charge is 2.30. The van der Waals surface area contributed by atoms with E-state index in [0.29, 0.717) is 42.3 Å². The average Bonchev–Trinajstić information content (AvgIpc) is 3.33. The second-order valence-electron chi connectivity index (χ2n) is 12.6. The number of methoxy groups -OCH3 is 1. The third-order valence-corrected chi connectivity index (χ3v) is 9.21.